The zero-order valence-electron chi connectivity index (χ0n) is 15.5. The van der Waals surface area contributed by atoms with Crippen LogP contribution in [0.4, 0.5) is 41.9 Å². The van der Waals surface area contributed by atoms with Crippen LogP contribution in [0.1, 0.15) is 16.7 Å². The Balaban J connectivity index is 2.10. The molecule has 0 spiro atoms. The number of benzene rings is 2. The number of nitrogens with one attached hydrogen (secondary N) is 1. The lowest BCUT2D eigenvalue weighted by atomic mass is 10.1. The molecule has 0 bridgehead atoms. The van der Waals surface area contributed by atoms with Crippen molar-refractivity contribution in [2.45, 2.75) is 13.1 Å². The van der Waals surface area contributed by atoms with Crippen molar-refractivity contribution in [1.82, 2.24) is 4.98 Å². The highest BCUT2D eigenvalue weighted by molar-refractivity contribution is 6.33. The van der Waals surface area contributed by atoms with E-state index in [2.05, 4.69) is 20.5 Å². The number of halogens is 4. The third-order valence-electron chi connectivity index (χ3n) is 4.12. The second-order valence-electron chi connectivity index (χ2n) is 6.16. The van der Waals surface area contributed by atoms with Gasteiger partial charge in [-0.3, -0.25) is 0 Å². The molecule has 0 atom stereocenters. The predicted molar refractivity (Wildman–Crippen MR) is 108 cm³/mol. The van der Waals surface area contributed by atoms with Crippen molar-refractivity contribution in [1.29, 1.82) is 5.26 Å². The first-order valence-corrected chi connectivity index (χ1v) is 8.89. The highest BCUT2D eigenvalue weighted by atomic mass is 35.5. The van der Waals surface area contributed by atoms with Gasteiger partial charge in [0, 0.05) is 11.3 Å². The molecule has 0 unspecified atom stereocenters. The molecule has 30 heavy (non-hydrogen) atoms. The standard InChI is InChI=1S/C20H14ClF3N6/c1-11-14(10-25)18(26)28-19(27-13-5-3-2-4-6-13)17(11)30-29-16-9-12(20(22,23)24)7-8-15(16)21/h2-9H,1H3,(H3,26,27,28)/b30-29+. The van der Waals surface area contributed by atoms with Crippen LogP contribution in [-0.2, 0) is 6.18 Å². The van der Waals surface area contributed by atoms with Crippen molar-refractivity contribution in [2.24, 2.45) is 10.2 Å². The van der Waals surface area contributed by atoms with Gasteiger partial charge in [-0.05, 0) is 37.3 Å². The fourth-order valence-corrected chi connectivity index (χ4v) is 2.75. The second-order valence-corrected chi connectivity index (χ2v) is 6.57. The topological polar surface area (TPSA) is 99.5 Å². The fourth-order valence-electron chi connectivity index (χ4n) is 2.60. The van der Waals surface area contributed by atoms with Crippen LogP contribution in [0.2, 0.25) is 5.02 Å². The molecule has 0 saturated carbocycles. The molecule has 0 aliphatic carbocycles. The molecule has 0 fully saturated rings. The average Bonchev–Trinajstić information content (AvgIpc) is 2.69. The van der Waals surface area contributed by atoms with Crippen LogP contribution in [0.25, 0.3) is 0 Å². The van der Waals surface area contributed by atoms with Gasteiger partial charge in [0.2, 0.25) is 0 Å². The lowest BCUT2D eigenvalue weighted by molar-refractivity contribution is -0.137. The Hall–Kier alpha value is -3.64. The summed E-state index contributed by atoms with van der Waals surface area (Å²) >= 11 is 5.98. The lowest BCUT2D eigenvalue weighted by Crippen LogP contribution is -2.04. The molecule has 0 aliphatic rings. The number of alkyl halides is 3. The molecule has 3 N–H and O–H groups in total. The van der Waals surface area contributed by atoms with Gasteiger partial charge in [-0.1, -0.05) is 29.8 Å². The molecular weight excluding hydrogens is 417 g/mol. The monoisotopic (exact) mass is 430 g/mol. The zero-order valence-corrected chi connectivity index (χ0v) is 16.3. The highest BCUT2D eigenvalue weighted by Crippen LogP contribution is 2.38. The van der Waals surface area contributed by atoms with E-state index >= 15 is 0 Å². The van der Waals surface area contributed by atoms with Gasteiger partial charge in [0.1, 0.15) is 23.3 Å². The Morgan fingerprint density at radius 2 is 1.83 bits per heavy atom. The Bertz CT molecular complexity index is 1150. The number of anilines is 3. The molecule has 3 rings (SSSR count). The van der Waals surface area contributed by atoms with Gasteiger partial charge in [-0.15, -0.1) is 10.2 Å². The molecule has 0 saturated heterocycles. The number of azo groups is 1. The largest absolute Gasteiger partial charge is 0.416 e. The molecule has 152 valence electrons. The molecule has 10 heteroatoms. The van der Waals surface area contributed by atoms with Crippen molar-refractivity contribution < 1.29 is 13.2 Å². The summed E-state index contributed by atoms with van der Waals surface area (Å²) < 4.78 is 39.0. The van der Waals surface area contributed by atoms with Crippen molar-refractivity contribution in [3.63, 3.8) is 0 Å². The molecule has 0 radical (unpaired) electrons. The maximum Gasteiger partial charge on any atom is 0.416 e. The minimum Gasteiger partial charge on any atom is -0.383 e. The number of pyridine rings is 1. The van der Waals surface area contributed by atoms with Crippen molar-refractivity contribution in [3.05, 3.63) is 70.2 Å². The van der Waals surface area contributed by atoms with E-state index in [1.807, 2.05) is 12.1 Å². The summed E-state index contributed by atoms with van der Waals surface area (Å²) in [7, 11) is 0. The predicted octanol–water partition coefficient (Wildman–Crippen LogP) is 6.68. The fraction of sp³-hybridized carbons (Fsp3) is 0.100. The van der Waals surface area contributed by atoms with Crippen LogP contribution in [-0.4, -0.2) is 4.98 Å². The van der Waals surface area contributed by atoms with Gasteiger partial charge >= 0.3 is 6.18 Å². The van der Waals surface area contributed by atoms with Crippen LogP contribution in [0.3, 0.4) is 0 Å². The van der Waals surface area contributed by atoms with Gasteiger partial charge in [0.05, 0.1) is 16.1 Å². The molecule has 1 aromatic heterocycles. The Morgan fingerprint density at radius 1 is 1.13 bits per heavy atom. The third-order valence-corrected chi connectivity index (χ3v) is 4.44. The van der Waals surface area contributed by atoms with E-state index in [0.29, 0.717) is 11.3 Å². The van der Waals surface area contributed by atoms with E-state index in [0.717, 1.165) is 18.2 Å². The summed E-state index contributed by atoms with van der Waals surface area (Å²) in [6.45, 7) is 1.59. The Kier molecular flexibility index (Phi) is 5.89. The van der Waals surface area contributed by atoms with Crippen LogP contribution in [0.5, 0.6) is 0 Å². The first-order chi connectivity index (χ1) is 14.2. The number of para-hydroxylation sites is 1. The molecule has 3 aromatic rings. The van der Waals surface area contributed by atoms with E-state index < -0.39 is 11.7 Å². The number of nitrogens with two attached hydrogens (primary N) is 1. The average molecular weight is 431 g/mol. The van der Waals surface area contributed by atoms with Crippen molar-refractivity contribution >= 4 is 40.3 Å². The summed E-state index contributed by atoms with van der Waals surface area (Å²) in [4.78, 5) is 4.17. The van der Waals surface area contributed by atoms with Gasteiger partial charge in [0.15, 0.2) is 5.82 Å². The van der Waals surface area contributed by atoms with Crippen molar-refractivity contribution in [2.75, 3.05) is 11.1 Å². The second kappa shape index (κ2) is 8.39. The molecule has 1 heterocycles. The summed E-state index contributed by atoms with van der Waals surface area (Å²) in [5.41, 5.74) is 6.06. The summed E-state index contributed by atoms with van der Waals surface area (Å²) in [5.74, 6) is 0.187. The van der Waals surface area contributed by atoms with Gasteiger partial charge in [-0.25, -0.2) is 4.98 Å². The number of nitrogen functional groups attached to an aromatic ring is 1. The number of nitrogens with zero attached hydrogens (tertiary/aromatic N) is 4. The van der Waals surface area contributed by atoms with E-state index in [9.17, 15) is 18.4 Å². The molecular formula is C20H14ClF3N6. The quantitative estimate of drug-likeness (QED) is 0.451. The number of nitriles is 1. The number of hydrogen-bond acceptors (Lipinski definition) is 6. The third kappa shape index (κ3) is 4.50. The van der Waals surface area contributed by atoms with Gasteiger partial charge in [-0.2, -0.15) is 18.4 Å². The summed E-state index contributed by atoms with van der Waals surface area (Å²) in [5, 5.41) is 20.3. The number of rotatable bonds is 4. The highest BCUT2D eigenvalue weighted by Gasteiger charge is 2.31. The zero-order chi connectivity index (χ0) is 21.9. The van der Waals surface area contributed by atoms with Crippen LogP contribution in [0.15, 0.2) is 58.8 Å². The molecule has 0 amide bonds. The first-order valence-electron chi connectivity index (χ1n) is 8.51. The smallest absolute Gasteiger partial charge is 0.383 e. The Morgan fingerprint density at radius 3 is 2.47 bits per heavy atom. The maximum absolute atomic E-state index is 13.0. The van der Waals surface area contributed by atoms with Crippen LogP contribution >= 0.6 is 11.6 Å². The van der Waals surface area contributed by atoms with Crippen LogP contribution < -0.4 is 11.1 Å². The Labute approximate surface area is 174 Å². The van der Waals surface area contributed by atoms with Crippen molar-refractivity contribution in [3.8, 4) is 6.07 Å². The van der Waals surface area contributed by atoms with E-state index in [1.54, 1.807) is 31.2 Å². The van der Waals surface area contributed by atoms with E-state index in [1.165, 1.54) is 0 Å². The minimum atomic E-state index is -4.55. The van der Waals surface area contributed by atoms with E-state index in [4.69, 9.17) is 17.3 Å². The molecule has 0 aliphatic heterocycles. The number of aromatic nitrogens is 1. The summed E-state index contributed by atoms with van der Waals surface area (Å²) in [6, 6.07) is 13.7. The van der Waals surface area contributed by atoms with E-state index in [-0.39, 0.29) is 33.6 Å². The normalized spacial score (nSPS) is 11.5. The molecule has 2 aromatic carbocycles. The SMILES string of the molecule is Cc1c(C#N)c(N)nc(Nc2ccccc2)c1/N=N/c1cc(C(F)(F)F)ccc1Cl. The maximum atomic E-state index is 13.0. The lowest BCUT2D eigenvalue weighted by Gasteiger charge is -2.13. The minimum absolute atomic E-state index is 0.00844. The van der Waals surface area contributed by atoms with Crippen LogP contribution in [0, 0.1) is 18.3 Å². The van der Waals surface area contributed by atoms with Gasteiger partial charge in [0.25, 0.3) is 0 Å². The van der Waals surface area contributed by atoms with Gasteiger partial charge < -0.3 is 11.1 Å². The first kappa shape index (κ1) is 21.1. The molecule has 6 nitrogen and oxygen atoms in total. The summed E-state index contributed by atoms with van der Waals surface area (Å²) in [6.07, 6.45) is -4.55. The number of hydrogen-bond donors (Lipinski definition) is 2.